The van der Waals surface area contributed by atoms with Crippen molar-refractivity contribution in [2.75, 3.05) is 20.6 Å². The Hall–Kier alpha value is -0.870. The zero-order valence-electron chi connectivity index (χ0n) is 12.8. The summed E-state index contributed by atoms with van der Waals surface area (Å²) in [6, 6.07) is 0. The lowest BCUT2D eigenvalue weighted by molar-refractivity contribution is 0.0749. The van der Waals surface area contributed by atoms with Crippen molar-refractivity contribution >= 4 is 0 Å². The smallest absolute Gasteiger partial charge is 0.103 e. The van der Waals surface area contributed by atoms with E-state index in [-0.39, 0.29) is 0 Å². The zero-order chi connectivity index (χ0) is 13.9. The van der Waals surface area contributed by atoms with Gasteiger partial charge in [-0.15, -0.1) is 0 Å². The Morgan fingerprint density at radius 1 is 1.53 bits per heavy atom. The highest BCUT2D eigenvalue weighted by atomic mass is 15.2. The monoisotopic (exact) mass is 264 g/mol. The van der Waals surface area contributed by atoms with Crippen LogP contribution in [0, 0.1) is 12.8 Å². The van der Waals surface area contributed by atoms with Crippen LogP contribution in [-0.2, 0) is 6.54 Å². The van der Waals surface area contributed by atoms with Gasteiger partial charge in [0.1, 0.15) is 5.82 Å². The van der Waals surface area contributed by atoms with Gasteiger partial charge in [-0.25, -0.2) is 4.98 Å². The molecule has 2 N–H and O–H groups in total. The Balaban J connectivity index is 1.90. The van der Waals surface area contributed by atoms with E-state index in [0.29, 0.717) is 5.54 Å². The number of aromatic amines is 1. The first-order valence-electron chi connectivity index (χ1n) is 7.40. The minimum atomic E-state index is 0.326. The summed E-state index contributed by atoms with van der Waals surface area (Å²) in [5.74, 6) is 1.83. The predicted molar refractivity (Wildman–Crippen MR) is 79.1 cm³/mol. The third-order valence-electron chi connectivity index (χ3n) is 4.54. The highest BCUT2D eigenvalue weighted by Gasteiger charge is 2.36. The molecule has 1 aromatic rings. The van der Waals surface area contributed by atoms with Crippen LogP contribution in [0.2, 0.25) is 0 Å². The van der Waals surface area contributed by atoms with Gasteiger partial charge in [0.05, 0.1) is 0 Å². The molecule has 0 spiro atoms. The lowest BCUT2D eigenvalue weighted by Gasteiger charge is -2.45. The van der Waals surface area contributed by atoms with E-state index in [1.165, 1.54) is 31.4 Å². The molecule has 2 rings (SSSR count). The van der Waals surface area contributed by atoms with Crippen LogP contribution >= 0.6 is 0 Å². The summed E-state index contributed by atoms with van der Waals surface area (Å²) >= 11 is 0. The number of rotatable bonds is 5. The van der Waals surface area contributed by atoms with Crippen LogP contribution in [0.1, 0.15) is 44.1 Å². The van der Waals surface area contributed by atoms with Crippen LogP contribution in [0.25, 0.3) is 0 Å². The van der Waals surface area contributed by atoms with Crippen molar-refractivity contribution in [1.29, 1.82) is 0 Å². The molecule has 0 aliphatic heterocycles. The number of hydrogen-bond donors (Lipinski definition) is 2. The fourth-order valence-electron chi connectivity index (χ4n) is 3.35. The molecule has 1 heterocycles. The van der Waals surface area contributed by atoms with Crippen molar-refractivity contribution in [3.63, 3.8) is 0 Å². The minimum absolute atomic E-state index is 0.326. The molecule has 0 bridgehead atoms. The molecule has 1 fully saturated rings. The summed E-state index contributed by atoms with van der Waals surface area (Å²) in [4.78, 5) is 9.94. The van der Waals surface area contributed by atoms with E-state index in [1.54, 1.807) is 0 Å². The number of H-pyrrole nitrogens is 1. The second-order valence-electron chi connectivity index (χ2n) is 6.42. The SMILES string of the molecule is Cc1ncc(CNCC2(N(C)C)CCCC(C)C2)[nH]1. The standard InChI is InChI=1S/C15H28N4/c1-12-6-5-7-15(8-12,19(3)4)11-16-9-14-10-17-13(2)18-14/h10,12,16H,5-9,11H2,1-4H3,(H,17,18). The van der Waals surface area contributed by atoms with Gasteiger partial charge in [0.25, 0.3) is 0 Å². The maximum Gasteiger partial charge on any atom is 0.103 e. The Labute approximate surface area is 117 Å². The van der Waals surface area contributed by atoms with Crippen LogP contribution < -0.4 is 5.32 Å². The third kappa shape index (κ3) is 3.57. The van der Waals surface area contributed by atoms with Gasteiger partial charge in [-0.05, 0) is 39.8 Å². The number of nitrogens with zero attached hydrogens (tertiary/aromatic N) is 2. The van der Waals surface area contributed by atoms with Crippen LogP contribution in [0.5, 0.6) is 0 Å². The zero-order valence-corrected chi connectivity index (χ0v) is 12.8. The van der Waals surface area contributed by atoms with E-state index < -0.39 is 0 Å². The van der Waals surface area contributed by atoms with Crippen LogP contribution in [0.4, 0.5) is 0 Å². The van der Waals surface area contributed by atoms with Gasteiger partial charge >= 0.3 is 0 Å². The number of imidazole rings is 1. The molecule has 1 aliphatic carbocycles. The Bertz CT molecular complexity index is 399. The lowest BCUT2D eigenvalue weighted by atomic mass is 9.75. The minimum Gasteiger partial charge on any atom is -0.345 e. The predicted octanol–water partition coefficient (Wildman–Crippen LogP) is 2.32. The fraction of sp³-hybridized carbons (Fsp3) is 0.800. The molecule has 0 aromatic carbocycles. The topological polar surface area (TPSA) is 44.0 Å². The van der Waals surface area contributed by atoms with Crippen LogP contribution in [0.15, 0.2) is 6.20 Å². The van der Waals surface area contributed by atoms with Crippen molar-refractivity contribution in [3.8, 4) is 0 Å². The first-order valence-corrected chi connectivity index (χ1v) is 7.40. The molecule has 0 saturated heterocycles. The maximum absolute atomic E-state index is 4.24. The number of aromatic nitrogens is 2. The van der Waals surface area contributed by atoms with Gasteiger partial charge in [-0.2, -0.15) is 0 Å². The van der Waals surface area contributed by atoms with E-state index in [9.17, 15) is 0 Å². The summed E-state index contributed by atoms with van der Waals surface area (Å²) in [5.41, 5.74) is 1.50. The first-order chi connectivity index (χ1) is 9.02. The molecule has 2 unspecified atom stereocenters. The summed E-state index contributed by atoms with van der Waals surface area (Å²) in [6.07, 6.45) is 7.27. The molecule has 108 valence electrons. The summed E-state index contributed by atoms with van der Waals surface area (Å²) in [6.45, 7) is 6.32. The first kappa shape index (κ1) is 14.5. The Kier molecular flexibility index (Phi) is 4.63. The largest absolute Gasteiger partial charge is 0.345 e. The van der Waals surface area contributed by atoms with Gasteiger partial charge in [-0.3, -0.25) is 0 Å². The second kappa shape index (κ2) is 6.06. The van der Waals surface area contributed by atoms with E-state index in [0.717, 1.165) is 24.8 Å². The molecule has 0 amide bonds. The van der Waals surface area contributed by atoms with E-state index in [2.05, 4.69) is 41.2 Å². The summed E-state index contributed by atoms with van der Waals surface area (Å²) < 4.78 is 0. The highest BCUT2D eigenvalue weighted by Crippen LogP contribution is 2.35. The van der Waals surface area contributed by atoms with Gasteiger partial charge in [0, 0.05) is 30.5 Å². The van der Waals surface area contributed by atoms with E-state index in [1.807, 2.05) is 13.1 Å². The van der Waals surface area contributed by atoms with Crippen LogP contribution in [0.3, 0.4) is 0 Å². The maximum atomic E-state index is 4.24. The van der Waals surface area contributed by atoms with Crippen molar-refractivity contribution in [2.24, 2.45) is 5.92 Å². The summed E-state index contributed by atoms with van der Waals surface area (Å²) in [5, 5.41) is 3.61. The van der Waals surface area contributed by atoms with Gasteiger partial charge < -0.3 is 15.2 Å². The molecule has 4 heteroatoms. The number of aryl methyl sites for hydroxylation is 1. The molecule has 4 nitrogen and oxygen atoms in total. The molecule has 1 saturated carbocycles. The molecular formula is C15H28N4. The van der Waals surface area contributed by atoms with Gasteiger partial charge in [0.2, 0.25) is 0 Å². The molecule has 0 radical (unpaired) electrons. The highest BCUT2D eigenvalue weighted by molar-refractivity contribution is 5.01. The van der Waals surface area contributed by atoms with Gasteiger partial charge in [-0.1, -0.05) is 19.8 Å². The van der Waals surface area contributed by atoms with Crippen molar-refractivity contribution in [3.05, 3.63) is 17.7 Å². The Morgan fingerprint density at radius 3 is 2.89 bits per heavy atom. The Morgan fingerprint density at radius 2 is 2.32 bits per heavy atom. The van der Waals surface area contributed by atoms with E-state index in [4.69, 9.17) is 0 Å². The van der Waals surface area contributed by atoms with Crippen molar-refractivity contribution in [1.82, 2.24) is 20.2 Å². The second-order valence-corrected chi connectivity index (χ2v) is 6.42. The number of nitrogens with one attached hydrogen (secondary N) is 2. The summed E-state index contributed by atoms with van der Waals surface area (Å²) in [7, 11) is 4.44. The van der Waals surface area contributed by atoms with Crippen molar-refractivity contribution in [2.45, 2.75) is 51.6 Å². The van der Waals surface area contributed by atoms with Crippen LogP contribution in [-0.4, -0.2) is 41.0 Å². The number of hydrogen-bond acceptors (Lipinski definition) is 3. The van der Waals surface area contributed by atoms with Crippen molar-refractivity contribution < 1.29 is 0 Å². The quantitative estimate of drug-likeness (QED) is 0.858. The third-order valence-corrected chi connectivity index (χ3v) is 4.54. The molecule has 1 aromatic heterocycles. The molecule has 19 heavy (non-hydrogen) atoms. The molecule has 1 aliphatic rings. The average Bonchev–Trinajstić information content (AvgIpc) is 2.75. The average molecular weight is 264 g/mol. The fourth-order valence-corrected chi connectivity index (χ4v) is 3.35. The molecule has 2 atom stereocenters. The normalized spacial score (nSPS) is 27.9. The van der Waals surface area contributed by atoms with Gasteiger partial charge in [0.15, 0.2) is 0 Å². The molecular weight excluding hydrogens is 236 g/mol. The van der Waals surface area contributed by atoms with E-state index >= 15 is 0 Å². The number of likely N-dealkylation sites (N-methyl/N-ethyl adjacent to an activating group) is 1. The lowest BCUT2D eigenvalue weighted by Crippen LogP contribution is -2.54.